The molecule has 0 aliphatic carbocycles. The Morgan fingerprint density at radius 2 is 0.794 bits per heavy atom. The number of rotatable bonds is 5. The van der Waals surface area contributed by atoms with Crippen LogP contribution in [-0.2, 0) is 15.1 Å². The van der Waals surface area contributed by atoms with Crippen LogP contribution in [0.25, 0.3) is 0 Å². The average Bonchev–Trinajstić information content (AvgIpc) is 3.09. The second-order valence-electron chi connectivity index (χ2n) is 9.86. The summed E-state index contributed by atoms with van der Waals surface area (Å²) in [5.74, 6) is 0. The van der Waals surface area contributed by atoms with Gasteiger partial charge in [-0.3, -0.25) is 0 Å². The van der Waals surface area contributed by atoms with Crippen molar-refractivity contribution in [2.24, 2.45) is 0 Å². The summed E-state index contributed by atoms with van der Waals surface area (Å²) in [4.78, 5) is 12.3. The van der Waals surface area contributed by atoms with E-state index in [-0.39, 0.29) is 0 Å². The molecule has 0 atom stereocenters. The summed E-state index contributed by atoms with van der Waals surface area (Å²) < 4.78 is 0. The highest BCUT2D eigenvalue weighted by Gasteiger charge is 2.50. The number of hydrogen-bond acceptors (Lipinski definition) is 3. The maximum atomic E-state index is 6.14. The molecule has 4 aromatic carbocycles. The molecule has 0 N–H and O–H groups in total. The van der Waals surface area contributed by atoms with Crippen LogP contribution in [-0.4, -0.2) is 11.2 Å². The summed E-state index contributed by atoms with van der Waals surface area (Å²) in [5.41, 5.74) is 4.36. The quantitative estimate of drug-likeness (QED) is 0.298. The second kappa shape index (κ2) is 8.43. The third-order valence-corrected chi connectivity index (χ3v) is 7.20. The van der Waals surface area contributed by atoms with Crippen LogP contribution in [0.5, 0.6) is 0 Å². The van der Waals surface area contributed by atoms with Crippen LogP contribution in [0.15, 0.2) is 115 Å². The van der Waals surface area contributed by atoms with Crippen LogP contribution in [0.2, 0.25) is 0 Å². The molecule has 4 aromatic rings. The van der Waals surface area contributed by atoms with Crippen molar-refractivity contribution in [3.8, 4) is 0 Å². The van der Waals surface area contributed by atoms with Gasteiger partial charge in [0.2, 0.25) is 0 Å². The van der Waals surface area contributed by atoms with Crippen LogP contribution in [0.1, 0.15) is 49.9 Å². The van der Waals surface area contributed by atoms with Crippen LogP contribution in [0.4, 0.5) is 5.69 Å². The van der Waals surface area contributed by atoms with Gasteiger partial charge in [0, 0.05) is 0 Å². The van der Waals surface area contributed by atoms with E-state index in [9.17, 15) is 0 Å². The number of benzene rings is 4. The molecule has 0 bridgehead atoms. The zero-order valence-electron chi connectivity index (χ0n) is 20.2. The fourth-order valence-electron chi connectivity index (χ4n) is 4.66. The molecule has 1 saturated heterocycles. The molecule has 3 nitrogen and oxygen atoms in total. The lowest BCUT2D eigenvalue weighted by molar-refractivity contribution is -0.0273. The zero-order valence-corrected chi connectivity index (χ0v) is 20.2. The van der Waals surface area contributed by atoms with Crippen molar-refractivity contribution in [3.05, 3.63) is 138 Å². The fourth-order valence-corrected chi connectivity index (χ4v) is 4.66. The molecule has 1 fully saturated rings. The Kier molecular flexibility index (Phi) is 5.55. The molecule has 0 spiro atoms. The van der Waals surface area contributed by atoms with Gasteiger partial charge in [0.1, 0.15) is 11.2 Å². The molecule has 172 valence electrons. The first-order valence-corrected chi connectivity index (χ1v) is 11.8. The van der Waals surface area contributed by atoms with E-state index < -0.39 is 16.6 Å². The Morgan fingerprint density at radius 3 is 1.15 bits per heavy atom. The van der Waals surface area contributed by atoms with Crippen LogP contribution in [0.3, 0.4) is 0 Å². The first-order chi connectivity index (χ1) is 16.3. The molecule has 3 heteroatoms. The molecule has 34 heavy (non-hydrogen) atoms. The van der Waals surface area contributed by atoms with Gasteiger partial charge in [0.05, 0.1) is 11.1 Å². The predicted octanol–water partition coefficient (Wildman–Crippen LogP) is 7.31. The van der Waals surface area contributed by atoms with E-state index in [1.54, 1.807) is 5.23 Å². The molecule has 1 aliphatic heterocycles. The van der Waals surface area contributed by atoms with E-state index in [1.807, 2.05) is 27.7 Å². The number of nitrogens with zero attached hydrogens (tertiary/aromatic N) is 1. The van der Waals surface area contributed by atoms with Crippen LogP contribution in [0, 0.1) is 0 Å². The Labute approximate surface area is 202 Å². The third-order valence-electron chi connectivity index (χ3n) is 7.20. The minimum absolute atomic E-state index is 0.437. The van der Waals surface area contributed by atoms with Gasteiger partial charge in [0.25, 0.3) is 0 Å². The smallest absolute Gasteiger partial charge is 0.124 e. The lowest BCUT2D eigenvalue weighted by Gasteiger charge is -2.37. The summed E-state index contributed by atoms with van der Waals surface area (Å²) in [6.07, 6.45) is 0. The SMILES string of the molecule is CC1(C)ON(c2ccc(C(c3ccccc3)(c3ccccc3)c3ccccc3)cc2)OC1(C)C. The summed E-state index contributed by atoms with van der Waals surface area (Å²) >= 11 is 0. The average molecular weight is 450 g/mol. The highest BCUT2D eigenvalue weighted by Crippen LogP contribution is 2.46. The minimum Gasteiger partial charge on any atom is -0.239 e. The number of hydrogen-bond donors (Lipinski definition) is 0. The standard InChI is InChI=1S/C31H31NO2/c1-29(2)30(3,4)34-32(33-29)28-22-20-27(21-23-28)31(24-14-8-5-9-15-24,25-16-10-6-11-17-25)26-18-12-7-13-19-26/h5-23H,1-4H3. The molecular formula is C31H31NO2. The maximum Gasteiger partial charge on any atom is 0.124 e. The van der Waals surface area contributed by atoms with E-state index >= 15 is 0 Å². The Balaban J connectivity index is 1.68. The van der Waals surface area contributed by atoms with Crippen LogP contribution >= 0.6 is 0 Å². The lowest BCUT2D eigenvalue weighted by Crippen LogP contribution is -2.41. The van der Waals surface area contributed by atoms with Gasteiger partial charge in [-0.25, -0.2) is 9.68 Å². The van der Waals surface area contributed by atoms with Gasteiger partial charge in [-0.1, -0.05) is 103 Å². The second-order valence-corrected chi connectivity index (χ2v) is 9.86. The molecule has 0 amide bonds. The molecular weight excluding hydrogens is 418 g/mol. The van der Waals surface area contributed by atoms with Gasteiger partial charge in [-0.05, 0) is 62.1 Å². The molecule has 0 aromatic heterocycles. The molecule has 0 saturated carbocycles. The van der Waals surface area contributed by atoms with E-state index in [4.69, 9.17) is 9.68 Å². The van der Waals surface area contributed by atoms with Crippen molar-refractivity contribution >= 4 is 5.69 Å². The lowest BCUT2D eigenvalue weighted by atomic mass is 9.65. The normalized spacial score (nSPS) is 17.0. The van der Waals surface area contributed by atoms with Crippen molar-refractivity contribution in [2.45, 2.75) is 44.3 Å². The predicted molar refractivity (Wildman–Crippen MR) is 138 cm³/mol. The van der Waals surface area contributed by atoms with E-state index in [0.717, 1.165) is 5.69 Å². The van der Waals surface area contributed by atoms with Gasteiger partial charge in [-0.15, -0.1) is 5.23 Å². The number of anilines is 1. The highest BCUT2D eigenvalue weighted by atomic mass is 17.0. The summed E-state index contributed by atoms with van der Waals surface area (Å²) in [7, 11) is 0. The summed E-state index contributed by atoms with van der Waals surface area (Å²) in [6.45, 7) is 8.19. The van der Waals surface area contributed by atoms with Crippen LogP contribution < -0.4 is 5.23 Å². The zero-order chi connectivity index (χ0) is 23.8. The van der Waals surface area contributed by atoms with Crippen molar-refractivity contribution in [1.82, 2.24) is 0 Å². The first-order valence-electron chi connectivity index (χ1n) is 11.8. The van der Waals surface area contributed by atoms with Crippen molar-refractivity contribution < 1.29 is 9.68 Å². The fraction of sp³-hybridized carbons (Fsp3) is 0.226. The van der Waals surface area contributed by atoms with Crippen molar-refractivity contribution in [3.63, 3.8) is 0 Å². The minimum atomic E-state index is -0.465. The topological polar surface area (TPSA) is 21.7 Å². The maximum absolute atomic E-state index is 6.14. The molecule has 0 radical (unpaired) electrons. The monoisotopic (exact) mass is 449 g/mol. The Bertz CT molecular complexity index is 1120. The Hall–Kier alpha value is -3.40. The molecule has 1 aliphatic rings. The van der Waals surface area contributed by atoms with Gasteiger partial charge in [0.15, 0.2) is 0 Å². The molecule has 5 rings (SSSR count). The molecule has 1 heterocycles. The summed E-state index contributed by atoms with van der Waals surface area (Å²) in [5, 5.41) is 1.55. The Morgan fingerprint density at radius 1 is 0.471 bits per heavy atom. The van der Waals surface area contributed by atoms with Gasteiger partial charge in [-0.2, -0.15) is 0 Å². The highest BCUT2D eigenvalue weighted by molar-refractivity contribution is 5.61. The van der Waals surface area contributed by atoms with Crippen molar-refractivity contribution in [1.29, 1.82) is 0 Å². The first kappa shape index (κ1) is 22.4. The largest absolute Gasteiger partial charge is 0.239 e. The van der Waals surface area contributed by atoms with E-state index in [1.165, 1.54) is 22.3 Å². The van der Waals surface area contributed by atoms with E-state index in [2.05, 4.69) is 115 Å². The van der Waals surface area contributed by atoms with Gasteiger partial charge >= 0.3 is 0 Å². The van der Waals surface area contributed by atoms with Crippen molar-refractivity contribution in [2.75, 3.05) is 5.23 Å². The summed E-state index contributed by atoms with van der Waals surface area (Å²) in [6, 6.07) is 40.7. The van der Waals surface area contributed by atoms with E-state index in [0.29, 0.717) is 0 Å². The molecule has 0 unspecified atom stereocenters. The van der Waals surface area contributed by atoms with Gasteiger partial charge < -0.3 is 0 Å². The third kappa shape index (κ3) is 3.62.